The summed E-state index contributed by atoms with van der Waals surface area (Å²) in [4.78, 5) is 24.7. The van der Waals surface area contributed by atoms with Crippen LogP contribution in [-0.2, 0) is 0 Å². The Morgan fingerprint density at radius 1 is 1.26 bits per heavy atom. The van der Waals surface area contributed by atoms with E-state index in [9.17, 15) is 19.3 Å². The minimum absolute atomic E-state index is 0.0795. The number of hydrogen-bond donors (Lipinski definition) is 0. The first kappa shape index (κ1) is 17.2. The Morgan fingerprint density at radius 2 is 1.91 bits per heavy atom. The molecular weight excluding hydrogens is 343 g/mol. The van der Waals surface area contributed by atoms with E-state index in [1.165, 1.54) is 4.90 Å². The molecule has 2 rings (SSSR count). The second-order valence-electron chi connectivity index (χ2n) is 4.79. The van der Waals surface area contributed by atoms with Crippen molar-refractivity contribution < 1.29 is 14.1 Å². The zero-order valence-electron chi connectivity index (χ0n) is 12.2. The van der Waals surface area contributed by atoms with E-state index in [0.29, 0.717) is 10.5 Å². The summed E-state index contributed by atoms with van der Waals surface area (Å²) in [6, 6.07) is 8.63. The van der Waals surface area contributed by atoms with E-state index in [-0.39, 0.29) is 21.5 Å². The highest BCUT2D eigenvalue weighted by Crippen LogP contribution is 2.39. The van der Waals surface area contributed by atoms with Crippen molar-refractivity contribution in [2.45, 2.75) is 9.79 Å². The van der Waals surface area contributed by atoms with Crippen molar-refractivity contribution in [1.29, 1.82) is 0 Å². The first-order valence-corrected chi connectivity index (χ1v) is 7.62. The number of amides is 1. The van der Waals surface area contributed by atoms with Gasteiger partial charge in [0.05, 0.1) is 20.4 Å². The number of hydrogen-bond acceptors (Lipinski definition) is 4. The third kappa shape index (κ3) is 3.80. The van der Waals surface area contributed by atoms with Crippen molar-refractivity contribution in [3.63, 3.8) is 0 Å². The second kappa shape index (κ2) is 6.97. The molecule has 0 aliphatic heterocycles. The molecule has 0 aromatic heterocycles. The molecule has 0 saturated carbocycles. The van der Waals surface area contributed by atoms with Gasteiger partial charge in [-0.25, -0.2) is 4.39 Å². The molecule has 0 saturated heterocycles. The van der Waals surface area contributed by atoms with Gasteiger partial charge in [-0.1, -0.05) is 35.5 Å². The lowest BCUT2D eigenvalue weighted by Crippen LogP contribution is -2.22. The number of benzene rings is 2. The van der Waals surface area contributed by atoms with Crippen LogP contribution in [0.3, 0.4) is 0 Å². The summed E-state index contributed by atoms with van der Waals surface area (Å²) in [6.45, 7) is 0. The maximum atomic E-state index is 13.7. The van der Waals surface area contributed by atoms with Gasteiger partial charge in [0.1, 0.15) is 5.82 Å². The summed E-state index contributed by atoms with van der Waals surface area (Å²) < 4.78 is 13.7. The lowest BCUT2D eigenvalue weighted by molar-refractivity contribution is -0.387. The molecule has 2 aromatic rings. The number of nitro groups is 1. The zero-order valence-corrected chi connectivity index (χ0v) is 13.8. The molecule has 0 aliphatic rings. The highest BCUT2D eigenvalue weighted by molar-refractivity contribution is 7.99. The van der Waals surface area contributed by atoms with Crippen LogP contribution in [0.2, 0.25) is 5.02 Å². The summed E-state index contributed by atoms with van der Waals surface area (Å²) in [6.07, 6.45) is 0. The average molecular weight is 355 g/mol. The van der Waals surface area contributed by atoms with Crippen LogP contribution in [0.1, 0.15) is 10.4 Å². The standard InChI is InChI=1S/C15H12ClFN2O3S/c1-18(2)15(20)9-5-3-4-6-13(9)23-14-8-11(17)10(16)7-12(14)19(21)22/h3-8H,1-2H3. The Morgan fingerprint density at radius 3 is 2.52 bits per heavy atom. The largest absolute Gasteiger partial charge is 0.345 e. The van der Waals surface area contributed by atoms with E-state index in [1.807, 2.05) is 0 Å². The lowest BCUT2D eigenvalue weighted by Gasteiger charge is -2.13. The van der Waals surface area contributed by atoms with Crippen LogP contribution in [0.25, 0.3) is 0 Å². The fourth-order valence-electron chi connectivity index (χ4n) is 1.83. The van der Waals surface area contributed by atoms with Gasteiger partial charge in [0.25, 0.3) is 11.6 Å². The maximum absolute atomic E-state index is 13.7. The summed E-state index contributed by atoms with van der Waals surface area (Å²) >= 11 is 6.56. The molecule has 0 N–H and O–H groups in total. The number of halogens is 2. The van der Waals surface area contributed by atoms with E-state index in [4.69, 9.17) is 11.6 Å². The molecular formula is C15H12ClFN2O3S. The van der Waals surface area contributed by atoms with E-state index >= 15 is 0 Å². The van der Waals surface area contributed by atoms with Crippen LogP contribution < -0.4 is 0 Å². The molecule has 120 valence electrons. The smallest absolute Gasteiger partial charge is 0.284 e. The highest BCUT2D eigenvalue weighted by atomic mass is 35.5. The predicted molar refractivity (Wildman–Crippen MR) is 86.6 cm³/mol. The molecule has 23 heavy (non-hydrogen) atoms. The number of nitro benzene ring substituents is 1. The van der Waals surface area contributed by atoms with Crippen molar-refractivity contribution in [3.05, 3.63) is 62.9 Å². The third-order valence-electron chi connectivity index (χ3n) is 2.94. The van der Waals surface area contributed by atoms with Crippen LogP contribution in [-0.4, -0.2) is 29.8 Å². The number of rotatable bonds is 4. The SMILES string of the molecule is CN(C)C(=O)c1ccccc1Sc1cc(F)c(Cl)cc1[N+](=O)[O-]. The predicted octanol–water partition coefficient (Wildman–Crippen LogP) is 4.24. The van der Waals surface area contributed by atoms with Gasteiger partial charge in [0.15, 0.2) is 0 Å². The Labute approximate surface area is 141 Å². The fraction of sp³-hybridized carbons (Fsp3) is 0.133. The molecule has 0 unspecified atom stereocenters. The quantitative estimate of drug-likeness (QED) is 0.608. The Kier molecular flexibility index (Phi) is 5.23. The van der Waals surface area contributed by atoms with Crippen LogP contribution in [0.4, 0.5) is 10.1 Å². The highest BCUT2D eigenvalue weighted by Gasteiger charge is 2.21. The Bertz CT molecular complexity index is 783. The molecule has 0 radical (unpaired) electrons. The minimum atomic E-state index is -0.754. The van der Waals surface area contributed by atoms with Gasteiger partial charge in [-0.2, -0.15) is 0 Å². The van der Waals surface area contributed by atoms with Crippen molar-refractivity contribution in [2.75, 3.05) is 14.1 Å². The minimum Gasteiger partial charge on any atom is -0.345 e. The number of carbonyl (C=O) groups excluding carboxylic acids is 1. The average Bonchev–Trinajstić information content (AvgIpc) is 2.50. The first-order chi connectivity index (χ1) is 10.8. The maximum Gasteiger partial charge on any atom is 0.284 e. The van der Waals surface area contributed by atoms with Crippen molar-refractivity contribution in [3.8, 4) is 0 Å². The monoisotopic (exact) mass is 354 g/mol. The van der Waals surface area contributed by atoms with Gasteiger partial charge in [0, 0.05) is 25.1 Å². The molecule has 5 nitrogen and oxygen atoms in total. The van der Waals surface area contributed by atoms with Gasteiger partial charge in [-0.3, -0.25) is 14.9 Å². The summed E-state index contributed by atoms with van der Waals surface area (Å²) in [7, 11) is 3.21. The number of carbonyl (C=O) groups is 1. The van der Waals surface area contributed by atoms with Gasteiger partial charge < -0.3 is 4.90 Å². The van der Waals surface area contributed by atoms with E-state index in [1.54, 1.807) is 38.4 Å². The lowest BCUT2D eigenvalue weighted by atomic mass is 10.2. The van der Waals surface area contributed by atoms with Crippen LogP contribution >= 0.6 is 23.4 Å². The van der Waals surface area contributed by atoms with E-state index < -0.39 is 10.7 Å². The van der Waals surface area contributed by atoms with Crippen LogP contribution in [0.5, 0.6) is 0 Å². The normalized spacial score (nSPS) is 10.4. The summed E-state index contributed by atoms with van der Waals surface area (Å²) in [5, 5.41) is 10.8. The summed E-state index contributed by atoms with van der Waals surface area (Å²) in [5.41, 5.74) is 0.0701. The molecule has 0 atom stereocenters. The fourth-order valence-corrected chi connectivity index (χ4v) is 3.04. The molecule has 0 spiro atoms. The van der Waals surface area contributed by atoms with Gasteiger partial charge in [-0.15, -0.1) is 0 Å². The van der Waals surface area contributed by atoms with E-state index in [2.05, 4.69) is 0 Å². The molecule has 0 aliphatic carbocycles. The van der Waals surface area contributed by atoms with Gasteiger partial charge in [-0.05, 0) is 18.2 Å². The molecule has 0 heterocycles. The topological polar surface area (TPSA) is 63.5 Å². The van der Waals surface area contributed by atoms with Crippen molar-refractivity contribution in [2.24, 2.45) is 0 Å². The third-order valence-corrected chi connectivity index (χ3v) is 4.35. The van der Waals surface area contributed by atoms with Crippen LogP contribution in [0.15, 0.2) is 46.2 Å². The molecule has 0 bridgehead atoms. The molecule has 2 aromatic carbocycles. The van der Waals surface area contributed by atoms with Crippen LogP contribution in [0, 0.1) is 15.9 Å². The van der Waals surface area contributed by atoms with Gasteiger partial charge >= 0.3 is 0 Å². The second-order valence-corrected chi connectivity index (χ2v) is 6.28. The van der Waals surface area contributed by atoms with Crippen molar-refractivity contribution >= 4 is 35.0 Å². The molecule has 0 fully saturated rings. The summed E-state index contributed by atoms with van der Waals surface area (Å²) in [5.74, 6) is -0.999. The Hall–Kier alpha value is -2.12. The van der Waals surface area contributed by atoms with Gasteiger partial charge in [0.2, 0.25) is 0 Å². The Balaban J connectivity index is 2.50. The van der Waals surface area contributed by atoms with E-state index in [0.717, 1.165) is 23.9 Å². The number of nitrogens with zero attached hydrogens (tertiary/aromatic N) is 2. The molecule has 1 amide bonds. The van der Waals surface area contributed by atoms with Crippen molar-refractivity contribution in [1.82, 2.24) is 4.90 Å². The first-order valence-electron chi connectivity index (χ1n) is 6.43. The molecule has 8 heteroatoms. The zero-order chi connectivity index (χ0) is 17.1.